The second-order valence-corrected chi connectivity index (χ2v) is 3.96. The van der Waals surface area contributed by atoms with Crippen LogP contribution in [0.3, 0.4) is 0 Å². The van der Waals surface area contributed by atoms with Crippen molar-refractivity contribution in [3.05, 3.63) is 28.8 Å². The summed E-state index contributed by atoms with van der Waals surface area (Å²) in [6.07, 6.45) is -0.178. The van der Waals surface area contributed by atoms with Crippen molar-refractivity contribution in [1.29, 1.82) is 5.26 Å². The summed E-state index contributed by atoms with van der Waals surface area (Å²) in [6, 6.07) is 5.49. The Morgan fingerprint density at radius 3 is 2.73 bits per heavy atom. The van der Waals surface area contributed by atoms with Crippen LogP contribution in [0.4, 0.5) is 0 Å². The topological polar surface area (TPSA) is 61.1 Å². The Hall–Kier alpha value is -0.990. The molecule has 78 valence electrons. The van der Waals surface area contributed by atoms with Crippen molar-refractivity contribution in [2.75, 3.05) is 0 Å². The molecule has 3 nitrogen and oxygen atoms in total. The van der Waals surface area contributed by atoms with E-state index in [9.17, 15) is 4.79 Å². The number of nitriles is 1. The van der Waals surface area contributed by atoms with Crippen molar-refractivity contribution in [2.45, 2.75) is 16.6 Å². The molecule has 0 aromatic heterocycles. The monoisotopic (exact) mass is 285 g/mol. The minimum atomic E-state index is -0.964. The van der Waals surface area contributed by atoms with E-state index in [0.717, 1.165) is 5.56 Å². The van der Waals surface area contributed by atoms with Gasteiger partial charge in [-0.2, -0.15) is 5.26 Å². The second-order valence-electron chi connectivity index (χ2n) is 2.91. The van der Waals surface area contributed by atoms with Crippen molar-refractivity contribution in [2.24, 2.45) is 0 Å². The molecule has 0 radical (unpaired) electrons. The Morgan fingerprint density at radius 2 is 2.27 bits per heavy atom. The number of rotatable bonds is 3. The Kier molecular flexibility index (Phi) is 4.18. The first-order valence-electron chi connectivity index (χ1n) is 4.11. The first kappa shape index (κ1) is 12.1. The third kappa shape index (κ3) is 2.74. The molecule has 1 rings (SSSR count). The maximum absolute atomic E-state index is 10.6. The van der Waals surface area contributed by atoms with E-state index in [2.05, 4.69) is 28.6 Å². The third-order valence-electron chi connectivity index (χ3n) is 1.96. The average molecular weight is 286 g/mol. The molecular weight excluding hydrogens is 278 g/mol. The van der Waals surface area contributed by atoms with Gasteiger partial charge in [0.15, 0.2) is 0 Å². The summed E-state index contributed by atoms with van der Waals surface area (Å²) in [5.74, 6) is -0.964. The minimum Gasteiger partial charge on any atom is -0.481 e. The number of halogens is 1. The number of carbonyl (C=O) groups is 1. The van der Waals surface area contributed by atoms with E-state index in [1.54, 1.807) is 12.1 Å². The van der Waals surface area contributed by atoms with Gasteiger partial charge in [0, 0.05) is 10.2 Å². The molecule has 0 saturated carbocycles. The smallest absolute Gasteiger partial charge is 0.307 e. The number of hydrogen-bond acceptors (Lipinski definition) is 3. The first-order valence-corrected chi connectivity index (χ1v) is 5.68. The molecule has 15 heavy (non-hydrogen) atoms. The molecule has 1 aromatic rings. The van der Waals surface area contributed by atoms with Gasteiger partial charge >= 0.3 is 5.97 Å². The second kappa shape index (κ2) is 5.19. The van der Waals surface area contributed by atoms with Crippen LogP contribution < -0.4 is 0 Å². The highest BCUT2D eigenvalue weighted by Gasteiger charge is 2.13. The van der Waals surface area contributed by atoms with Crippen LogP contribution in [0, 0.1) is 11.3 Å². The number of hydrogen-bond donors (Lipinski definition) is 2. The van der Waals surface area contributed by atoms with Crippen molar-refractivity contribution >= 4 is 34.5 Å². The Bertz CT molecular complexity index is 440. The molecule has 1 N–H and O–H groups in total. The van der Waals surface area contributed by atoms with Crippen molar-refractivity contribution in [1.82, 2.24) is 0 Å². The number of alkyl halides is 1. The summed E-state index contributed by atoms with van der Waals surface area (Å²) in [5.41, 5.74) is 1.67. The van der Waals surface area contributed by atoms with Gasteiger partial charge in [0.1, 0.15) is 0 Å². The molecule has 0 spiro atoms. The molecule has 0 atom stereocenters. The molecule has 1 aromatic carbocycles. The van der Waals surface area contributed by atoms with E-state index >= 15 is 0 Å². The van der Waals surface area contributed by atoms with Crippen LogP contribution in [-0.2, 0) is 16.5 Å². The van der Waals surface area contributed by atoms with Gasteiger partial charge < -0.3 is 5.11 Å². The number of carboxylic acid groups (broad SMARTS) is 1. The fourth-order valence-electron chi connectivity index (χ4n) is 1.27. The lowest BCUT2D eigenvalue weighted by atomic mass is 10.0. The van der Waals surface area contributed by atoms with E-state index in [0.29, 0.717) is 21.4 Å². The number of thiol groups is 1. The van der Waals surface area contributed by atoms with E-state index in [1.165, 1.54) is 0 Å². The first-order chi connectivity index (χ1) is 7.10. The largest absolute Gasteiger partial charge is 0.481 e. The zero-order chi connectivity index (χ0) is 11.4. The van der Waals surface area contributed by atoms with Crippen LogP contribution in [0.2, 0.25) is 0 Å². The Balaban J connectivity index is 3.33. The van der Waals surface area contributed by atoms with Gasteiger partial charge in [-0.15, -0.1) is 12.6 Å². The van der Waals surface area contributed by atoms with E-state index in [1.807, 2.05) is 6.07 Å². The van der Waals surface area contributed by atoms with E-state index in [-0.39, 0.29) is 6.42 Å². The Morgan fingerprint density at radius 1 is 1.60 bits per heavy atom. The van der Waals surface area contributed by atoms with Gasteiger partial charge in [0.05, 0.1) is 18.1 Å². The molecule has 0 fully saturated rings. The molecule has 0 saturated heterocycles. The lowest BCUT2D eigenvalue weighted by Crippen LogP contribution is -2.05. The molecule has 0 aliphatic rings. The summed E-state index contributed by atoms with van der Waals surface area (Å²) in [5, 5.41) is 18.2. The SMILES string of the molecule is N#Cc1c(CBr)ccc(S)c1CC(=O)O. The molecule has 0 heterocycles. The average Bonchev–Trinajstić information content (AvgIpc) is 2.20. The van der Waals surface area contributed by atoms with Gasteiger partial charge in [-0.1, -0.05) is 22.0 Å². The van der Waals surface area contributed by atoms with Crippen LogP contribution in [0.15, 0.2) is 17.0 Å². The molecule has 0 aliphatic carbocycles. The zero-order valence-electron chi connectivity index (χ0n) is 7.70. The standard InChI is InChI=1S/C10H8BrNO2S/c11-4-6-1-2-9(15)7(3-10(13)14)8(6)5-12/h1-2,15H,3-4H2,(H,13,14). The summed E-state index contributed by atoms with van der Waals surface area (Å²) < 4.78 is 0. The summed E-state index contributed by atoms with van der Waals surface area (Å²) in [7, 11) is 0. The van der Waals surface area contributed by atoms with Gasteiger partial charge in [0.2, 0.25) is 0 Å². The number of nitrogens with zero attached hydrogens (tertiary/aromatic N) is 1. The molecule has 5 heteroatoms. The molecule has 0 amide bonds. The van der Waals surface area contributed by atoms with Crippen molar-refractivity contribution in [3.8, 4) is 6.07 Å². The van der Waals surface area contributed by atoms with Gasteiger partial charge in [0.25, 0.3) is 0 Å². The highest BCUT2D eigenvalue weighted by Crippen LogP contribution is 2.24. The van der Waals surface area contributed by atoms with Crippen LogP contribution in [0.25, 0.3) is 0 Å². The van der Waals surface area contributed by atoms with Crippen LogP contribution >= 0.6 is 28.6 Å². The highest BCUT2D eigenvalue weighted by molar-refractivity contribution is 9.08. The highest BCUT2D eigenvalue weighted by atomic mass is 79.9. The predicted molar refractivity (Wildman–Crippen MR) is 62.4 cm³/mol. The summed E-state index contributed by atoms with van der Waals surface area (Å²) >= 11 is 7.40. The third-order valence-corrected chi connectivity index (χ3v) is 2.98. The lowest BCUT2D eigenvalue weighted by molar-refractivity contribution is -0.136. The molecule has 0 bridgehead atoms. The predicted octanol–water partition coefficient (Wildman–Crippen LogP) is 2.37. The van der Waals surface area contributed by atoms with E-state index in [4.69, 9.17) is 10.4 Å². The number of carboxylic acids is 1. The van der Waals surface area contributed by atoms with E-state index < -0.39 is 5.97 Å². The van der Waals surface area contributed by atoms with Crippen molar-refractivity contribution < 1.29 is 9.90 Å². The van der Waals surface area contributed by atoms with Gasteiger partial charge in [-0.05, 0) is 17.2 Å². The fourth-order valence-corrected chi connectivity index (χ4v) is 2.00. The normalized spacial score (nSPS) is 9.67. The molecular formula is C10H8BrNO2S. The lowest BCUT2D eigenvalue weighted by Gasteiger charge is -2.08. The van der Waals surface area contributed by atoms with Crippen LogP contribution in [-0.4, -0.2) is 11.1 Å². The quantitative estimate of drug-likeness (QED) is 0.662. The van der Waals surface area contributed by atoms with Crippen molar-refractivity contribution in [3.63, 3.8) is 0 Å². The van der Waals surface area contributed by atoms with Crippen LogP contribution in [0.5, 0.6) is 0 Å². The zero-order valence-corrected chi connectivity index (χ0v) is 10.2. The molecule has 0 aliphatic heterocycles. The van der Waals surface area contributed by atoms with Gasteiger partial charge in [-0.25, -0.2) is 0 Å². The number of aliphatic carboxylic acids is 1. The van der Waals surface area contributed by atoms with Crippen LogP contribution in [0.1, 0.15) is 16.7 Å². The van der Waals surface area contributed by atoms with Gasteiger partial charge in [-0.3, -0.25) is 4.79 Å². The maximum atomic E-state index is 10.6. The summed E-state index contributed by atoms with van der Waals surface area (Å²) in [4.78, 5) is 11.2. The summed E-state index contributed by atoms with van der Waals surface area (Å²) in [6.45, 7) is 0. The Labute approximate surface area is 101 Å². The number of benzene rings is 1. The molecule has 0 unspecified atom stereocenters. The minimum absolute atomic E-state index is 0.178. The fraction of sp³-hybridized carbons (Fsp3) is 0.200. The maximum Gasteiger partial charge on any atom is 0.307 e.